The molecule has 0 heterocycles. The van der Waals surface area contributed by atoms with Crippen molar-refractivity contribution in [2.24, 2.45) is 35.3 Å². The molecule has 0 radical (unpaired) electrons. The SMILES string of the molecule is Cl.N[C@H](CC1CCCCC1)C(O)C(=O)NC1C2CC3CC(C2)CC1C3. The van der Waals surface area contributed by atoms with Crippen LogP contribution in [0.15, 0.2) is 0 Å². The second kappa shape index (κ2) is 8.14. The van der Waals surface area contributed by atoms with E-state index < -0.39 is 12.1 Å². The summed E-state index contributed by atoms with van der Waals surface area (Å²) >= 11 is 0. The van der Waals surface area contributed by atoms with Gasteiger partial charge in [-0.2, -0.15) is 0 Å². The van der Waals surface area contributed by atoms with E-state index in [1.165, 1.54) is 64.2 Å². The Morgan fingerprint density at radius 2 is 1.56 bits per heavy atom. The number of rotatable bonds is 5. The number of nitrogens with one attached hydrogen (secondary N) is 1. The summed E-state index contributed by atoms with van der Waals surface area (Å²) in [5.74, 6) is 3.48. The van der Waals surface area contributed by atoms with Crippen LogP contribution in [0.1, 0.15) is 70.6 Å². The summed E-state index contributed by atoms with van der Waals surface area (Å²) in [5, 5.41) is 13.6. The van der Waals surface area contributed by atoms with Gasteiger partial charge in [0, 0.05) is 12.1 Å². The normalized spacial score (nSPS) is 39.5. The number of carbonyl (C=O) groups is 1. The van der Waals surface area contributed by atoms with Crippen LogP contribution in [0, 0.1) is 29.6 Å². The van der Waals surface area contributed by atoms with E-state index in [-0.39, 0.29) is 18.3 Å². The third-order valence-corrected chi connectivity index (χ3v) is 7.54. The standard InChI is InChI=1S/C20H34N2O2.ClH/c21-17(11-12-4-2-1-3-5-12)19(23)20(24)22-18-15-7-13-6-14(9-15)10-16(18)8-13;/h12-19,23H,1-11,21H2,(H,22,24);1H/t13?,14?,15?,16?,17-,18?,19?;/m1./s1. The van der Waals surface area contributed by atoms with Crippen molar-refractivity contribution in [2.75, 3.05) is 0 Å². The van der Waals surface area contributed by atoms with Crippen LogP contribution in [0.3, 0.4) is 0 Å². The predicted molar refractivity (Wildman–Crippen MR) is 101 cm³/mol. The van der Waals surface area contributed by atoms with Gasteiger partial charge in [-0.15, -0.1) is 12.4 Å². The quantitative estimate of drug-likeness (QED) is 0.696. The van der Waals surface area contributed by atoms with Crippen molar-refractivity contribution in [1.29, 1.82) is 0 Å². The molecule has 5 saturated carbocycles. The molecule has 5 rings (SSSR count). The Labute approximate surface area is 158 Å². The molecule has 0 saturated heterocycles. The molecule has 4 bridgehead atoms. The number of hydrogen-bond donors (Lipinski definition) is 3. The van der Waals surface area contributed by atoms with Gasteiger partial charge in [-0.1, -0.05) is 32.1 Å². The molecule has 0 aliphatic heterocycles. The summed E-state index contributed by atoms with van der Waals surface area (Å²) in [6, 6.07) is -0.119. The van der Waals surface area contributed by atoms with Gasteiger partial charge >= 0.3 is 0 Å². The molecule has 1 unspecified atom stereocenters. The second-order valence-corrected chi connectivity index (χ2v) is 9.31. The highest BCUT2D eigenvalue weighted by atomic mass is 35.5. The van der Waals surface area contributed by atoms with Gasteiger partial charge in [0.2, 0.25) is 0 Å². The molecule has 5 aliphatic rings. The Hall–Kier alpha value is -0.320. The van der Waals surface area contributed by atoms with Gasteiger partial charge in [0.05, 0.1) is 0 Å². The Kier molecular flexibility index (Phi) is 6.33. The zero-order chi connectivity index (χ0) is 16.7. The first-order valence-electron chi connectivity index (χ1n) is 10.3. The van der Waals surface area contributed by atoms with Crippen molar-refractivity contribution >= 4 is 18.3 Å². The molecule has 0 spiro atoms. The number of carbonyl (C=O) groups excluding carboxylic acids is 1. The first-order chi connectivity index (χ1) is 11.6. The molecule has 4 nitrogen and oxygen atoms in total. The number of amides is 1. The summed E-state index contributed by atoms with van der Waals surface area (Å²) in [6.45, 7) is 0. The molecule has 0 aromatic heterocycles. The van der Waals surface area contributed by atoms with Crippen LogP contribution in [0.4, 0.5) is 0 Å². The summed E-state index contributed by atoms with van der Waals surface area (Å²) in [6.07, 6.45) is 12.6. The molecule has 5 aliphatic carbocycles. The molecule has 4 N–H and O–H groups in total. The van der Waals surface area contributed by atoms with Crippen LogP contribution in [-0.2, 0) is 4.79 Å². The Morgan fingerprint density at radius 1 is 1.00 bits per heavy atom. The lowest BCUT2D eigenvalue weighted by atomic mass is 9.54. The van der Waals surface area contributed by atoms with E-state index in [0.717, 1.165) is 18.3 Å². The molecule has 2 atom stereocenters. The smallest absolute Gasteiger partial charge is 0.250 e. The van der Waals surface area contributed by atoms with Crippen molar-refractivity contribution < 1.29 is 9.90 Å². The molecular weight excluding hydrogens is 336 g/mol. The molecule has 0 aromatic rings. The third kappa shape index (κ3) is 4.17. The van der Waals surface area contributed by atoms with E-state index in [4.69, 9.17) is 5.73 Å². The van der Waals surface area contributed by atoms with E-state index in [0.29, 0.717) is 23.8 Å². The fourth-order valence-corrected chi connectivity index (χ4v) is 6.54. The molecule has 1 amide bonds. The minimum Gasteiger partial charge on any atom is -0.382 e. The number of aliphatic hydroxyl groups is 1. The first kappa shape index (κ1) is 19.4. The van der Waals surface area contributed by atoms with E-state index in [9.17, 15) is 9.90 Å². The lowest BCUT2D eigenvalue weighted by Crippen LogP contribution is -2.59. The average Bonchev–Trinajstić information content (AvgIpc) is 2.57. The Bertz CT molecular complexity index is 439. The minimum absolute atomic E-state index is 0. The van der Waals surface area contributed by atoms with Gasteiger partial charge < -0.3 is 16.2 Å². The topological polar surface area (TPSA) is 75.3 Å². The van der Waals surface area contributed by atoms with Crippen molar-refractivity contribution in [3.63, 3.8) is 0 Å². The van der Waals surface area contributed by atoms with Crippen LogP contribution in [0.25, 0.3) is 0 Å². The summed E-state index contributed by atoms with van der Waals surface area (Å²) < 4.78 is 0. The summed E-state index contributed by atoms with van der Waals surface area (Å²) in [5.41, 5.74) is 6.19. The maximum atomic E-state index is 12.6. The van der Waals surface area contributed by atoms with Crippen LogP contribution < -0.4 is 11.1 Å². The van der Waals surface area contributed by atoms with Crippen molar-refractivity contribution in [1.82, 2.24) is 5.32 Å². The van der Waals surface area contributed by atoms with Crippen molar-refractivity contribution in [3.8, 4) is 0 Å². The zero-order valence-electron chi connectivity index (χ0n) is 15.2. The highest BCUT2D eigenvalue weighted by Crippen LogP contribution is 2.53. The fourth-order valence-electron chi connectivity index (χ4n) is 6.54. The van der Waals surface area contributed by atoms with Crippen LogP contribution >= 0.6 is 12.4 Å². The molecule has 0 aromatic carbocycles. The predicted octanol–water partition coefficient (Wildman–Crippen LogP) is 3.01. The largest absolute Gasteiger partial charge is 0.382 e. The zero-order valence-corrected chi connectivity index (χ0v) is 16.1. The monoisotopic (exact) mass is 370 g/mol. The Morgan fingerprint density at radius 3 is 2.12 bits per heavy atom. The number of halogens is 1. The van der Waals surface area contributed by atoms with Gasteiger partial charge in [-0.25, -0.2) is 0 Å². The van der Waals surface area contributed by atoms with Gasteiger partial charge in [0.25, 0.3) is 5.91 Å². The number of aliphatic hydroxyl groups excluding tert-OH is 1. The van der Waals surface area contributed by atoms with Gasteiger partial charge in [0.1, 0.15) is 6.10 Å². The summed E-state index contributed by atoms with van der Waals surface area (Å²) in [7, 11) is 0. The highest BCUT2D eigenvalue weighted by molar-refractivity contribution is 5.85. The number of hydrogen-bond acceptors (Lipinski definition) is 3. The minimum atomic E-state index is -1.04. The molecule has 5 fully saturated rings. The second-order valence-electron chi connectivity index (χ2n) is 9.31. The average molecular weight is 371 g/mol. The Balaban J connectivity index is 0.00000182. The van der Waals surface area contributed by atoms with Gasteiger partial charge in [0.15, 0.2) is 0 Å². The van der Waals surface area contributed by atoms with E-state index in [1.54, 1.807) is 0 Å². The van der Waals surface area contributed by atoms with Crippen molar-refractivity contribution in [2.45, 2.75) is 88.8 Å². The van der Waals surface area contributed by atoms with Crippen molar-refractivity contribution in [3.05, 3.63) is 0 Å². The van der Waals surface area contributed by atoms with E-state index in [1.807, 2.05) is 0 Å². The van der Waals surface area contributed by atoms with Crippen LogP contribution in [-0.4, -0.2) is 29.2 Å². The van der Waals surface area contributed by atoms with Crippen LogP contribution in [0.2, 0.25) is 0 Å². The van der Waals surface area contributed by atoms with Crippen LogP contribution in [0.5, 0.6) is 0 Å². The fraction of sp³-hybridized carbons (Fsp3) is 0.950. The van der Waals surface area contributed by atoms with Gasteiger partial charge in [-0.3, -0.25) is 4.79 Å². The molecule has 5 heteroatoms. The van der Waals surface area contributed by atoms with Gasteiger partial charge in [-0.05, 0) is 68.1 Å². The van der Waals surface area contributed by atoms with E-state index >= 15 is 0 Å². The summed E-state index contributed by atoms with van der Waals surface area (Å²) in [4.78, 5) is 12.6. The molecule has 25 heavy (non-hydrogen) atoms. The third-order valence-electron chi connectivity index (χ3n) is 7.54. The number of nitrogens with two attached hydrogens (primary N) is 1. The lowest BCUT2D eigenvalue weighted by molar-refractivity contribution is -0.134. The van der Waals surface area contributed by atoms with E-state index in [2.05, 4.69) is 5.32 Å². The maximum Gasteiger partial charge on any atom is 0.250 e. The first-order valence-corrected chi connectivity index (χ1v) is 10.3. The maximum absolute atomic E-state index is 12.6. The molecule has 144 valence electrons. The highest BCUT2D eigenvalue weighted by Gasteiger charge is 2.49. The lowest BCUT2D eigenvalue weighted by Gasteiger charge is -2.54. The molecular formula is C20H35ClN2O2.